The molecule has 0 amide bonds. The van der Waals surface area contributed by atoms with E-state index in [4.69, 9.17) is 27.9 Å². The highest BCUT2D eigenvalue weighted by molar-refractivity contribution is 6.82. The highest BCUT2D eigenvalue weighted by Crippen LogP contribution is 2.13. The number of carbonyl (C=O) groups excluding carboxylic acids is 1. The molecule has 2 aromatic carbocycles. The molecule has 0 aliphatic rings. The van der Waals surface area contributed by atoms with Gasteiger partial charge in [-0.3, -0.25) is 5.43 Å². The number of esters is 1. The third-order valence-electron chi connectivity index (χ3n) is 2.51. The first-order chi connectivity index (χ1) is 10.1. The summed E-state index contributed by atoms with van der Waals surface area (Å²) in [5.41, 5.74) is 4.18. The Morgan fingerprint density at radius 2 is 1.76 bits per heavy atom. The Hall–Kier alpha value is -2.04. The number of halogens is 2. The van der Waals surface area contributed by atoms with Crippen LogP contribution in [0.2, 0.25) is 5.02 Å². The van der Waals surface area contributed by atoms with E-state index in [1.807, 2.05) is 30.3 Å². The lowest BCUT2D eigenvalue weighted by Gasteiger charge is -2.04. The van der Waals surface area contributed by atoms with Gasteiger partial charge in [-0.2, -0.15) is 5.10 Å². The van der Waals surface area contributed by atoms with E-state index in [0.29, 0.717) is 10.7 Å². The molecule has 0 saturated heterocycles. The van der Waals surface area contributed by atoms with Crippen LogP contribution in [0.3, 0.4) is 0 Å². The van der Waals surface area contributed by atoms with Crippen LogP contribution in [-0.2, 0) is 16.1 Å². The van der Waals surface area contributed by atoms with Gasteiger partial charge in [0.25, 0.3) is 0 Å². The third-order valence-corrected chi connectivity index (χ3v) is 3.00. The van der Waals surface area contributed by atoms with Gasteiger partial charge in [-0.1, -0.05) is 53.5 Å². The van der Waals surface area contributed by atoms with Crippen LogP contribution < -0.4 is 5.43 Å². The minimum atomic E-state index is -0.693. The summed E-state index contributed by atoms with van der Waals surface area (Å²) < 4.78 is 5.03. The summed E-state index contributed by atoms with van der Waals surface area (Å²) in [5.74, 6) is -0.693. The molecule has 0 radical (unpaired) electrons. The molecule has 0 unspecified atom stereocenters. The van der Waals surface area contributed by atoms with E-state index in [-0.39, 0.29) is 11.8 Å². The largest absolute Gasteiger partial charge is 0.455 e. The standard InChI is InChI=1S/C15H12Cl2N2O2/c16-12-6-8-13(9-7-12)18-19-14(17)15(20)21-10-11-4-2-1-3-5-11/h1-9,18H,10H2/b19-14-. The van der Waals surface area contributed by atoms with Crippen molar-refractivity contribution in [3.8, 4) is 0 Å². The van der Waals surface area contributed by atoms with Crippen molar-refractivity contribution in [1.82, 2.24) is 0 Å². The quantitative estimate of drug-likeness (QED) is 0.513. The molecule has 108 valence electrons. The van der Waals surface area contributed by atoms with Gasteiger partial charge >= 0.3 is 5.97 Å². The summed E-state index contributed by atoms with van der Waals surface area (Å²) in [6.45, 7) is 0.145. The van der Waals surface area contributed by atoms with Crippen LogP contribution in [0.4, 0.5) is 5.69 Å². The first-order valence-electron chi connectivity index (χ1n) is 6.11. The summed E-state index contributed by atoms with van der Waals surface area (Å²) in [5, 5.41) is 4.08. The molecule has 0 saturated carbocycles. The van der Waals surface area contributed by atoms with Crippen LogP contribution in [0.5, 0.6) is 0 Å². The smallest absolute Gasteiger partial charge is 0.371 e. The Bertz CT molecular complexity index is 628. The summed E-state index contributed by atoms with van der Waals surface area (Å²) in [4.78, 5) is 11.6. The number of hydrogen-bond donors (Lipinski definition) is 1. The molecule has 0 bridgehead atoms. The lowest BCUT2D eigenvalue weighted by molar-refractivity contribution is -0.136. The lowest BCUT2D eigenvalue weighted by atomic mass is 10.2. The van der Waals surface area contributed by atoms with Gasteiger partial charge in [-0.15, -0.1) is 0 Å². The van der Waals surface area contributed by atoms with Crippen molar-refractivity contribution < 1.29 is 9.53 Å². The van der Waals surface area contributed by atoms with Crippen LogP contribution in [0.15, 0.2) is 59.7 Å². The SMILES string of the molecule is O=C(OCc1ccccc1)/C(Cl)=N/Nc1ccc(Cl)cc1. The molecule has 0 aromatic heterocycles. The second kappa shape index (κ2) is 7.67. The van der Waals surface area contributed by atoms with E-state index in [9.17, 15) is 4.79 Å². The predicted molar refractivity (Wildman–Crippen MR) is 84.6 cm³/mol. The van der Waals surface area contributed by atoms with Crippen molar-refractivity contribution in [2.75, 3.05) is 5.43 Å². The Labute approximate surface area is 132 Å². The fourth-order valence-corrected chi connectivity index (χ4v) is 1.69. The number of hydrazone groups is 1. The maximum atomic E-state index is 11.6. The van der Waals surface area contributed by atoms with Crippen molar-refractivity contribution in [3.05, 3.63) is 65.2 Å². The van der Waals surface area contributed by atoms with E-state index in [1.54, 1.807) is 24.3 Å². The van der Waals surface area contributed by atoms with Crippen molar-refractivity contribution in [2.45, 2.75) is 6.61 Å². The van der Waals surface area contributed by atoms with Crippen molar-refractivity contribution in [2.24, 2.45) is 5.10 Å². The van der Waals surface area contributed by atoms with Gasteiger partial charge in [0.15, 0.2) is 0 Å². The third kappa shape index (κ3) is 5.10. The Kier molecular flexibility index (Phi) is 5.60. The van der Waals surface area contributed by atoms with Gasteiger partial charge in [-0.05, 0) is 29.8 Å². The van der Waals surface area contributed by atoms with Gasteiger partial charge in [-0.25, -0.2) is 4.79 Å². The maximum Gasteiger partial charge on any atom is 0.371 e. The fourth-order valence-electron chi connectivity index (χ4n) is 1.47. The number of ether oxygens (including phenoxy) is 1. The minimum Gasteiger partial charge on any atom is -0.455 e. The number of carbonyl (C=O) groups is 1. The topological polar surface area (TPSA) is 50.7 Å². The van der Waals surface area contributed by atoms with Gasteiger partial charge in [0, 0.05) is 5.02 Å². The molecule has 1 N–H and O–H groups in total. The van der Waals surface area contributed by atoms with Crippen LogP contribution in [0.25, 0.3) is 0 Å². The molecule has 6 heteroatoms. The summed E-state index contributed by atoms with van der Waals surface area (Å²) >= 11 is 11.5. The first-order valence-corrected chi connectivity index (χ1v) is 6.86. The summed E-state index contributed by atoms with van der Waals surface area (Å²) in [7, 11) is 0. The minimum absolute atomic E-state index is 0.145. The average molecular weight is 323 g/mol. The lowest BCUT2D eigenvalue weighted by Crippen LogP contribution is -2.13. The molecule has 2 rings (SSSR count). The molecule has 2 aromatic rings. The zero-order valence-electron chi connectivity index (χ0n) is 10.9. The second-order valence-corrected chi connectivity index (χ2v) is 4.88. The van der Waals surface area contributed by atoms with E-state index >= 15 is 0 Å². The normalized spacial score (nSPS) is 11.0. The van der Waals surface area contributed by atoms with Crippen molar-refractivity contribution in [1.29, 1.82) is 0 Å². The molecule has 0 spiro atoms. The van der Waals surface area contributed by atoms with Crippen LogP contribution in [0.1, 0.15) is 5.56 Å². The molecule has 21 heavy (non-hydrogen) atoms. The van der Waals surface area contributed by atoms with E-state index in [2.05, 4.69) is 10.5 Å². The van der Waals surface area contributed by atoms with Crippen molar-refractivity contribution in [3.63, 3.8) is 0 Å². The van der Waals surface area contributed by atoms with Crippen LogP contribution >= 0.6 is 23.2 Å². The highest BCUT2D eigenvalue weighted by atomic mass is 35.5. The average Bonchev–Trinajstić information content (AvgIpc) is 2.52. The molecular formula is C15H12Cl2N2O2. The second-order valence-electron chi connectivity index (χ2n) is 4.08. The Balaban J connectivity index is 1.86. The molecule has 0 heterocycles. The van der Waals surface area contributed by atoms with E-state index in [1.165, 1.54) is 0 Å². The maximum absolute atomic E-state index is 11.6. The summed E-state index contributed by atoms with van der Waals surface area (Å²) in [6, 6.07) is 16.1. The molecule has 0 atom stereocenters. The number of hydrogen-bond acceptors (Lipinski definition) is 4. The molecular weight excluding hydrogens is 311 g/mol. The zero-order valence-corrected chi connectivity index (χ0v) is 12.4. The number of nitrogens with zero attached hydrogens (tertiary/aromatic N) is 1. The number of benzene rings is 2. The van der Waals surface area contributed by atoms with E-state index in [0.717, 1.165) is 5.56 Å². The number of rotatable bonds is 5. The predicted octanol–water partition coefficient (Wildman–Crippen LogP) is 4.05. The fraction of sp³-hybridized carbons (Fsp3) is 0.0667. The van der Waals surface area contributed by atoms with Gasteiger partial charge in [0.2, 0.25) is 5.17 Å². The molecule has 0 aliphatic carbocycles. The summed E-state index contributed by atoms with van der Waals surface area (Å²) in [6.07, 6.45) is 0. The monoisotopic (exact) mass is 322 g/mol. The zero-order chi connectivity index (χ0) is 15.1. The number of anilines is 1. The first kappa shape index (κ1) is 15.4. The van der Waals surface area contributed by atoms with Crippen LogP contribution in [-0.4, -0.2) is 11.1 Å². The molecule has 0 fully saturated rings. The Morgan fingerprint density at radius 3 is 2.43 bits per heavy atom. The molecule has 4 nitrogen and oxygen atoms in total. The Morgan fingerprint density at radius 1 is 1.10 bits per heavy atom. The van der Waals surface area contributed by atoms with E-state index < -0.39 is 5.97 Å². The van der Waals surface area contributed by atoms with Crippen LogP contribution in [0, 0.1) is 0 Å². The molecule has 0 aliphatic heterocycles. The number of nitrogens with one attached hydrogen (secondary N) is 1. The van der Waals surface area contributed by atoms with Gasteiger partial charge in [0.1, 0.15) is 6.61 Å². The van der Waals surface area contributed by atoms with Gasteiger partial charge in [0.05, 0.1) is 5.69 Å². The van der Waals surface area contributed by atoms with Gasteiger partial charge < -0.3 is 4.74 Å². The van der Waals surface area contributed by atoms with Crippen molar-refractivity contribution >= 4 is 40.0 Å². The highest BCUT2D eigenvalue weighted by Gasteiger charge is 2.10.